The predicted octanol–water partition coefficient (Wildman–Crippen LogP) is 1.79. The summed E-state index contributed by atoms with van der Waals surface area (Å²) in [7, 11) is 0. The Morgan fingerprint density at radius 3 is 2.68 bits per heavy atom. The van der Waals surface area contributed by atoms with E-state index in [4.69, 9.17) is 10.6 Å². The molecule has 0 aromatic heterocycles. The van der Waals surface area contributed by atoms with Gasteiger partial charge in [0.2, 0.25) is 5.96 Å². The summed E-state index contributed by atoms with van der Waals surface area (Å²) in [4.78, 5) is 4.58. The van der Waals surface area contributed by atoms with Gasteiger partial charge in [-0.15, -0.1) is 0 Å². The normalized spacial score (nSPS) is 19.2. The van der Waals surface area contributed by atoms with E-state index in [1.807, 2.05) is 6.92 Å². The van der Waals surface area contributed by atoms with Gasteiger partial charge in [0.15, 0.2) is 0 Å². The first-order valence-electron chi connectivity index (χ1n) is 7.53. The number of aliphatic imine (C=N–C) groups is 1. The van der Waals surface area contributed by atoms with Gasteiger partial charge in [0.1, 0.15) is 0 Å². The van der Waals surface area contributed by atoms with Crippen molar-refractivity contribution in [3.8, 4) is 0 Å². The van der Waals surface area contributed by atoms with Crippen LogP contribution in [0.1, 0.15) is 52.4 Å². The molecule has 0 heterocycles. The van der Waals surface area contributed by atoms with Crippen LogP contribution in [0, 0.1) is 5.41 Å². The minimum absolute atomic E-state index is 0.355. The molecule has 1 aliphatic carbocycles. The Morgan fingerprint density at radius 1 is 1.32 bits per heavy atom. The summed E-state index contributed by atoms with van der Waals surface area (Å²) in [6, 6.07) is 0. The third kappa shape index (κ3) is 6.78. The van der Waals surface area contributed by atoms with Crippen LogP contribution in [-0.4, -0.2) is 32.3 Å². The molecule has 0 saturated heterocycles. The third-order valence-electron chi connectivity index (χ3n) is 3.78. The van der Waals surface area contributed by atoms with Crippen molar-refractivity contribution < 1.29 is 4.74 Å². The van der Waals surface area contributed by atoms with Crippen LogP contribution in [0.3, 0.4) is 0 Å². The summed E-state index contributed by atoms with van der Waals surface area (Å²) in [5.41, 5.74) is 3.00. The number of nitrogens with one attached hydrogen (secondary N) is 2. The molecule has 0 aliphatic heterocycles. The Labute approximate surface area is 117 Å². The Hall–Kier alpha value is -0.810. The standard InChI is InChI=1S/C14H30N4O/c1-3-19-11-7-10-16-13(18-15)17-12-14(2)8-5-4-6-9-14/h3-12,15H2,1-2H3,(H2,16,17,18). The highest BCUT2D eigenvalue weighted by atomic mass is 16.5. The zero-order chi connectivity index (χ0) is 14.0. The van der Waals surface area contributed by atoms with E-state index in [1.54, 1.807) is 0 Å². The van der Waals surface area contributed by atoms with Crippen molar-refractivity contribution in [3.63, 3.8) is 0 Å². The number of nitrogens with zero attached hydrogens (tertiary/aromatic N) is 1. The SMILES string of the molecule is CCOCCCNC(=NCC1(C)CCCCC1)NN. The first kappa shape index (κ1) is 16.2. The van der Waals surface area contributed by atoms with E-state index >= 15 is 0 Å². The topological polar surface area (TPSA) is 71.7 Å². The van der Waals surface area contributed by atoms with Crippen LogP contribution in [0.4, 0.5) is 0 Å². The minimum atomic E-state index is 0.355. The molecular weight excluding hydrogens is 240 g/mol. The molecule has 0 unspecified atom stereocenters. The Morgan fingerprint density at radius 2 is 2.05 bits per heavy atom. The average Bonchev–Trinajstić information content (AvgIpc) is 2.43. The number of hydrazine groups is 1. The van der Waals surface area contributed by atoms with E-state index in [-0.39, 0.29) is 0 Å². The van der Waals surface area contributed by atoms with Crippen LogP contribution >= 0.6 is 0 Å². The lowest BCUT2D eigenvalue weighted by Gasteiger charge is -2.32. The maximum atomic E-state index is 5.50. The summed E-state index contributed by atoms with van der Waals surface area (Å²) in [5, 5.41) is 3.22. The molecule has 1 saturated carbocycles. The molecular formula is C14H30N4O. The fourth-order valence-corrected chi connectivity index (χ4v) is 2.51. The van der Waals surface area contributed by atoms with Crippen molar-refractivity contribution in [2.24, 2.45) is 16.3 Å². The van der Waals surface area contributed by atoms with Gasteiger partial charge in [-0.2, -0.15) is 0 Å². The van der Waals surface area contributed by atoms with Gasteiger partial charge >= 0.3 is 0 Å². The summed E-state index contributed by atoms with van der Waals surface area (Å²) in [6.07, 6.45) is 7.55. The van der Waals surface area contributed by atoms with E-state index in [2.05, 4.69) is 22.7 Å². The molecule has 0 amide bonds. The molecule has 5 heteroatoms. The minimum Gasteiger partial charge on any atom is -0.382 e. The maximum absolute atomic E-state index is 5.50. The van der Waals surface area contributed by atoms with Crippen molar-refractivity contribution in [2.75, 3.05) is 26.3 Å². The largest absolute Gasteiger partial charge is 0.382 e. The third-order valence-corrected chi connectivity index (χ3v) is 3.78. The number of rotatable bonds is 7. The van der Waals surface area contributed by atoms with E-state index in [9.17, 15) is 0 Å². The number of ether oxygens (including phenoxy) is 1. The number of nitrogens with two attached hydrogens (primary N) is 1. The van der Waals surface area contributed by atoms with Crippen LogP contribution < -0.4 is 16.6 Å². The molecule has 0 radical (unpaired) electrons. The second-order valence-electron chi connectivity index (χ2n) is 5.66. The van der Waals surface area contributed by atoms with Gasteiger partial charge in [-0.1, -0.05) is 26.2 Å². The predicted molar refractivity (Wildman–Crippen MR) is 79.9 cm³/mol. The second kappa shape index (κ2) is 9.15. The molecule has 1 rings (SSSR count). The van der Waals surface area contributed by atoms with Gasteiger partial charge in [0.25, 0.3) is 0 Å². The highest BCUT2D eigenvalue weighted by Gasteiger charge is 2.26. The summed E-state index contributed by atoms with van der Waals surface area (Å²) < 4.78 is 5.29. The monoisotopic (exact) mass is 270 g/mol. The van der Waals surface area contributed by atoms with Crippen molar-refractivity contribution in [3.05, 3.63) is 0 Å². The van der Waals surface area contributed by atoms with E-state index in [0.29, 0.717) is 11.4 Å². The van der Waals surface area contributed by atoms with Crippen molar-refractivity contribution in [1.29, 1.82) is 0 Å². The van der Waals surface area contributed by atoms with E-state index in [0.717, 1.165) is 32.7 Å². The highest BCUT2D eigenvalue weighted by Crippen LogP contribution is 2.35. The summed E-state index contributed by atoms with van der Waals surface area (Å²) in [6.45, 7) is 7.57. The second-order valence-corrected chi connectivity index (χ2v) is 5.66. The first-order valence-corrected chi connectivity index (χ1v) is 7.53. The van der Waals surface area contributed by atoms with E-state index in [1.165, 1.54) is 32.1 Å². The molecule has 1 aliphatic rings. The molecule has 5 nitrogen and oxygen atoms in total. The highest BCUT2D eigenvalue weighted by molar-refractivity contribution is 5.79. The molecule has 19 heavy (non-hydrogen) atoms. The fraction of sp³-hybridized carbons (Fsp3) is 0.929. The molecule has 0 atom stereocenters. The molecule has 4 N–H and O–H groups in total. The lowest BCUT2D eigenvalue weighted by atomic mass is 9.76. The number of hydrogen-bond donors (Lipinski definition) is 3. The molecule has 0 bridgehead atoms. The Balaban J connectivity index is 2.26. The summed E-state index contributed by atoms with van der Waals surface area (Å²) >= 11 is 0. The van der Waals surface area contributed by atoms with Crippen LogP contribution in [0.15, 0.2) is 4.99 Å². The van der Waals surface area contributed by atoms with Crippen LogP contribution in [-0.2, 0) is 4.74 Å². The Kier molecular flexibility index (Phi) is 7.82. The Bertz CT molecular complexity index is 262. The van der Waals surface area contributed by atoms with Gasteiger partial charge in [-0.25, -0.2) is 5.84 Å². The van der Waals surface area contributed by atoms with Gasteiger partial charge in [0, 0.05) is 26.3 Å². The maximum Gasteiger partial charge on any atom is 0.205 e. The molecule has 112 valence electrons. The molecule has 0 aromatic rings. The van der Waals surface area contributed by atoms with Crippen molar-refractivity contribution >= 4 is 5.96 Å². The average molecular weight is 270 g/mol. The van der Waals surface area contributed by atoms with Crippen LogP contribution in [0.25, 0.3) is 0 Å². The van der Waals surface area contributed by atoms with Crippen molar-refractivity contribution in [2.45, 2.75) is 52.4 Å². The smallest absolute Gasteiger partial charge is 0.205 e. The number of guanidine groups is 1. The van der Waals surface area contributed by atoms with Crippen molar-refractivity contribution in [1.82, 2.24) is 10.7 Å². The van der Waals surface area contributed by atoms with E-state index < -0.39 is 0 Å². The van der Waals surface area contributed by atoms with Gasteiger partial charge in [0.05, 0.1) is 0 Å². The quantitative estimate of drug-likeness (QED) is 0.217. The fourth-order valence-electron chi connectivity index (χ4n) is 2.51. The lowest BCUT2D eigenvalue weighted by molar-refractivity contribution is 0.145. The zero-order valence-corrected chi connectivity index (χ0v) is 12.5. The lowest BCUT2D eigenvalue weighted by Crippen LogP contribution is -2.43. The molecule has 0 spiro atoms. The molecule has 1 fully saturated rings. The molecule has 0 aromatic carbocycles. The van der Waals surface area contributed by atoms with Gasteiger partial charge < -0.3 is 10.1 Å². The van der Waals surface area contributed by atoms with Gasteiger partial charge in [-0.05, 0) is 31.6 Å². The summed E-state index contributed by atoms with van der Waals surface area (Å²) in [5.74, 6) is 6.20. The van der Waals surface area contributed by atoms with Gasteiger partial charge in [-0.3, -0.25) is 10.4 Å². The first-order chi connectivity index (χ1) is 9.20. The number of hydrogen-bond acceptors (Lipinski definition) is 3. The van der Waals surface area contributed by atoms with Crippen LogP contribution in [0.5, 0.6) is 0 Å². The zero-order valence-electron chi connectivity index (χ0n) is 12.5. The van der Waals surface area contributed by atoms with Crippen LogP contribution in [0.2, 0.25) is 0 Å².